The summed E-state index contributed by atoms with van der Waals surface area (Å²) >= 11 is 0. The molecule has 27 heavy (non-hydrogen) atoms. The molecule has 0 radical (unpaired) electrons. The Morgan fingerprint density at radius 2 is 1.81 bits per heavy atom. The summed E-state index contributed by atoms with van der Waals surface area (Å²) in [5.74, 6) is 0.365. The van der Waals surface area contributed by atoms with Crippen molar-refractivity contribution in [3.63, 3.8) is 0 Å². The van der Waals surface area contributed by atoms with E-state index in [4.69, 9.17) is 14.5 Å². The molecule has 0 unspecified atom stereocenters. The topological polar surface area (TPSA) is 47.9 Å². The van der Waals surface area contributed by atoms with Gasteiger partial charge in [-0.3, -0.25) is 0 Å². The van der Waals surface area contributed by atoms with Gasteiger partial charge in [0.25, 0.3) is 0 Å². The van der Waals surface area contributed by atoms with Crippen LogP contribution in [0, 0.1) is 5.82 Å². The predicted molar refractivity (Wildman–Crippen MR) is 101 cm³/mol. The normalized spacial score (nSPS) is 12.1. The third-order valence-corrected chi connectivity index (χ3v) is 4.18. The standard InChI is InChI=1S/C22H16FNO3/c1-2-26-22(25)15-9-7-14(8-10-15)21-17-13-16(23)11-12-19(17)27-20-6-4-3-5-18(20)24-21/h3-13H,2H2,1H3. The van der Waals surface area contributed by atoms with E-state index in [0.29, 0.717) is 40.6 Å². The van der Waals surface area contributed by atoms with Crippen molar-refractivity contribution in [3.05, 3.63) is 89.2 Å². The van der Waals surface area contributed by atoms with Crippen molar-refractivity contribution in [1.29, 1.82) is 0 Å². The molecule has 134 valence electrons. The number of carbonyl (C=O) groups is 1. The lowest BCUT2D eigenvalue weighted by molar-refractivity contribution is 0.0526. The minimum Gasteiger partial charge on any atom is -0.462 e. The molecule has 3 aromatic carbocycles. The highest BCUT2D eigenvalue weighted by Gasteiger charge is 2.20. The van der Waals surface area contributed by atoms with E-state index in [2.05, 4.69) is 0 Å². The largest absolute Gasteiger partial charge is 0.462 e. The van der Waals surface area contributed by atoms with Crippen LogP contribution in [0.3, 0.4) is 0 Å². The van der Waals surface area contributed by atoms with E-state index in [1.807, 2.05) is 24.3 Å². The van der Waals surface area contributed by atoms with Crippen LogP contribution < -0.4 is 4.74 Å². The summed E-state index contributed by atoms with van der Waals surface area (Å²) < 4.78 is 24.9. The summed E-state index contributed by atoms with van der Waals surface area (Å²) in [4.78, 5) is 16.6. The van der Waals surface area contributed by atoms with Crippen molar-refractivity contribution in [2.24, 2.45) is 4.99 Å². The second-order valence-corrected chi connectivity index (χ2v) is 5.97. The zero-order valence-electron chi connectivity index (χ0n) is 14.6. The molecule has 0 saturated heterocycles. The number of esters is 1. The first-order valence-electron chi connectivity index (χ1n) is 8.59. The van der Waals surface area contributed by atoms with Crippen molar-refractivity contribution in [2.45, 2.75) is 6.92 Å². The first-order valence-corrected chi connectivity index (χ1v) is 8.59. The van der Waals surface area contributed by atoms with Crippen molar-refractivity contribution >= 4 is 17.4 Å². The second kappa shape index (κ2) is 7.03. The van der Waals surface area contributed by atoms with E-state index in [9.17, 15) is 9.18 Å². The summed E-state index contributed by atoms with van der Waals surface area (Å²) in [7, 11) is 0. The Kier molecular flexibility index (Phi) is 4.42. The molecule has 1 heterocycles. The number of aliphatic imine (C=N–C) groups is 1. The number of nitrogens with zero attached hydrogens (tertiary/aromatic N) is 1. The first kappa shape index (κ1) is 17.0. The zero-order valence-corrected chi connectivity index (χ0v) is 14.6. The number of halogens is 1. The number of benzene rings is 3. The molecule has 1 aliphatic heterocycles. The fraction of sp³-hybridized carbons (Fsp3) is 0.0909. The molecule has 0 aliphatic carbocycles. The van der Waals surface area contributed by atoms with Crippen LogP contribution >= 0.6 is 0 Å². The van der Waals surface area contributed by atoms with Crippen LogP contribution in [-0.4, -0.2) is 18.3 Å². The summed E-state index contributed by atoms with van der Waals surface area (Å²) in [5, 5.41) is 0. The molecule has 1 aliphatic rings. The van der Waals surface area contributed by atoms with Gasteiger partial charge in [-0.1, -0.05) is 24.3 Å². The van der Waals surface area contributed by atoms with Crippen LogP contribution in [0.2, 0.25) is 0 Å². The number of ether oxygens (including phenoxy) is 2. The van der Waals surface area contributed by atoms with Crippen LogP contribution in [0.15, 0.2) is 71.7 Å². The van der Waals surface area contributed by atoms with Gasteiger partial charge in [-0.15, -0.1) is 0 Å². The molecule has 0 aromatic heterocycles. The molecule has 0 atom stereocenters. The van der Waals surface area contributed by atoms with Gasteiger partial charge >= 0.3 is 5.97 Å². The third kappa shape index (κ3) is 3.31. The maximum absolute atomic E-state index is 13.9. The van der Waals surface area contributed by atoms with Crippen LogP contribution in [0.25, 0.3) is 0 Å². The first-order chi connectivity index (χ1) is 13.2. The third-order valence-electron chi connectivity index (χ3n) is 4.18. The maximum Gasteiger partial charge on any atom is 0.338 e. The number of hydrogen-bond acceptors (Lipinski definition) is 4. The van der Waals surface area contributed by atoms with Gasteiger partial charge in [0.2, 0.25) is 0 Å². The van der Waals surface area contributed by atoms with Gasteiger partial charge in [0.05, 0.1) is 17.9 Å². The number of para-hydroxylation sites is 2. The Morgan fingerprint density at radius 3 is 2.59 bits per heavy atom. The SMILES string of the molecule is CCOC(=O)c1ccc(C2=Nc3ccccc3Oc3ccc(F)cc32)cc1. The Bertz CT molecular complexity index is 1040. The summed E-state index contributed by atoms with van der Waals surface area (Å²) in [5.41, 5.74) is 2.97. The zero-order chi connectivity index (χ0) is 18.8. The van der Waals surface area contributed by atoms with Gasteiger partial charge in [-0.05, 0) is 49.4 Å². The highest BCUT2D eigenvalue weighted by Crippen LogP contribution is 2.38. The smallest absolute Gasteiger partial charge is 0.338 e. The lowest BCUT2D eigenvalue weighted by Crippen LogP contribution is -2.07. The average molecular weight is 361 g/mol. The molecule has 3 aromatic rings. The van der Waals surface area contributed by atoms with Crippen molar-refractivity contribution in [1.82, 2.24) is 0 Å². The molecular weight excluding hydrogens is 345 g/mol. The molecule has 0 saturated carbocycles. The van der Waals surface area contributed by atoms with Crippen molar-refractivity contribution in [2.75, 3.05) is 6.61 Å². The summed E-state index contributed by atoms with van der Waals surface area (Å²) in [6, 6.07) is 18.6. The minimum atomic E-state index is -0.382. The van der Waals surface area contributed by atoms with Gasteiger partial charge in [0.15, 0.2) is 5.75 Å². The Hall–Kier alpha value is -3.47. The molecule has 4 nitrogen and oxygen atoms in total. The van der Waals surface area contributed by atoms with E-state index in [1.54, 1.807) is 37.3 Å². The fourth-order valence-corrected chi connectivity index (χ4v) is 2.91. The van der Waals surface area contributed by atoms with Gasteiger partial charge in [-0.25, -0.2) is 14.2 Å². The van der Waals surface area contributed by atoms with Gasteiger partial charge in [0.1, 0.15) is 17.3 Å². The molecule has 0 spiro atoms. The van der Waals surface area contributed by atoms with Crippen molar-refractivity contribution < 1.29 is 18.7 Å². The lowest BCUT2D eigenvalue weighted by Gasteiger charge is -2.10. The quantitative estimate of drug-likeness (QED) is 0.467. The number of rotatable bonds is 3. The molecule has 0 amide bonds. The van der Waals surface area contributed by atoms with E-state index < -0.39 is 0 Å². The van der Waals surface area contributed by atoms with E-state index in [-0.39, 0.29) is 11.8 Å². The van der Waals surface area contributed by atoms with E-state index in [1.165, 1.54) is 12.1 Å². The predicted octanol–water partition coefficient (Wildman–Crippen LogP) is 5.28. The number of hydrogen-bond donors (Lipinski definition) is 0. The Morgan fingerprint density at radius 1 is 1.04 bits per heavy atom. The van der Waals surface area contributed by atoms with Crippen LogP contribution in [0.1, 0.15) is 28.4 Å². The Labute approximate surface area is 155 Å². The monoisotopic (exact) mass is 361 g/mol. The van der Waals surface area contributed by atoms with Gasteiger partial charge < -0.3 is 9.47 Å². The highest BCUT2D eigenvalue weighted by atomic mass is 19.1. The molecule has 0 fully saturated rings. The van der Waals surface area contributed by atoms with Crippen LogP contribution in [0.5, 0.6) is 11.5 Å². The number of fused-ring (bicyclic) bond motifs is 2. The van der Waals surface area contributed by atoms with Gasteiger partial charge in [0, 0.05) is 11.1 Å². The Balaban J connectivity index is 1.84. The summed E-state index contributed by atoms with van der Waals surface area (Å²) in [6.45, 7) is 2.07. The van der Waals surface area contributed by atoms with Crippen LogP contribution in [-0.2, 0) is 4.74 Å². The molecular formula is C22H16FNO3. The number of carbonyl (C=O) groups excluding carboxylic acids is 1. The molecule has 5 heteroatoms. The molecule has 0 N–H and O–H groups in total. The molecule has 0 bridgehead atoms. The second-order valence-electron chi connectivity index (χ2n) is 5.97. The van der Waals surface area contributed by atoms with Gasteiger partial charge in [-0.2, -0.15) is 0 Å². The maximum atomic E-state index is 13.9. The molecule has 4 rings (SSSR count). The minimum absolute atomic E-state index is 0.314. The lowest BCUT2D eigenvalue weighted by atomic mass is 10.00. The van der Waals surface area contributed by atoms with E-state index in [0.717, 1.165) is 5.56 Å². The fourth-order valence-electron chi connectivity index (χ4n) is 2.91. The summed E-state index contributed by atoms with van der Waals surface area (Å²) in [6.07, 6.45) is 0. The van der Waals surface area contributed by atoms with Crippen molar-refractivity contribution in [3.8, 4) is 11.5 Å². The highest BCUT2D eigenvalue weighted by molar-refractivity contribution is 6.16. The average Bonchev–Trinajstić information content (AvgIpc) is 2.85. The van der Waals surface area contributed by atoms with Crippen LogP contribution in [0.4, 0.5) is 10.1 Å². The van der Waals surface area contributed by atoms with E-state index >= 15 is 0 Å².